The molecule has 120 valence electrons. The van der Waals surface area contributed by atoms with Gasteiger partial charge in [-0.15, -0.1) is 11.8 Å². The second-order valence-corrected chi connectivity index (χ2v) is 6.73. The third-order valence-electron chi connectivity index (χ3n) is 3.31. The van der Waals surface area contributed by atoms with Gasteiger partial charge in [-0.3, -0.25) is 9.59 Å². The number of esters is 1. The Labute approximate surface area is 144 Å². The third-order valence-corrected chi connectivity index (χ3v) is 5.38. The molecule has 1 aliphatic rings. The maximum Gasteiger partial charge on any atom is 0.306 e. The van der Waals surface area contributed by atoms with Gasteiger partial charge < -0.3 is 9.64 Å². The molecule has 0 aliphatic carbocycles. The van der Waals surface area contributed by atoms with Gasteiger partial charge in [-0.25, -0.2) is 0 Å². The van der Waals surface area contributed by atoms with Crippen LogP contribution in [0, 0.1) is 0 Å². The molecule has 1 aliphatic heterocycles. The standard InChI is InChI=1S/C15H17Cl2NO3S/c1-2-21-13(20)7-6-12(19)18-8-9-22-15(18)10-4-3-5-11(16)14(10)17/h3-5,15H,2,6-9H2,1H3/t15-/m1/s1. The molecule has 1 fully saturated rings. The van der Waals surface area contributed by atoms with E-state index < -0.39 is 0 Å². The van der Waals surface area contributed by atoms with Crippen LogP contribution in [0.2, 0.25) is 10.0 Å². The number of hydrogen-bond donors (Lipinski definition) is 0. The van der Waals surface area contributed by atoms with Crippen molar-refractivity contribution in [1.29, 1.82) is 0 Å². The van der Waals surface area contributed by atoms with Crippen LogP contribution in [0.5, 0.6) is 0 Å². The molecule has 4 nitrogen and oxygen atoms in total. The second kappa shape index (κ2) is 8.09. The zero-order chi connectivity index (χ0) is 16.1. The van der Waals surface area contributed by atoms with Crippen molar-refractivity contribution >= 4 is 46.8 Å². The molecular weight excluding hydrogens is 345 g/mol. The highest BCUT2D eigenvalue weighted by atomic mass is 35.5. The summed E-state index contributed by atoms with van der Waals surface area (Å²) in [7, 11) is 0. The molecule has 0 saturated carbocycles. The molecule has 2 rings (SSSR count). The van der Waals surface area contributed by atoms with E-state index in [1.807, 2.05) is 12.1 Å². The van der Waals surface area contributed by atoms with Crippen LogP contribution in [0.3, 0.4) is 0 Å². The van der Waals surface area contributed by atoms with Gasteiger partial charge in [-0.05, 0) is 13.0 Å². The van der Waals surface area contributed by atoms with Crippen molar-refractivity contribution in [3.8, 4) is 0 Å². The lowest BCUT2D eigenvalue weighted by Crippen LogP contribution is -2.30. The third kappa shape index (κ3) is 4.09. The minimum atomic E-state index is -0.347. The first-order chi connectivity index (χ1) is 10.5. The van der Waals surface area contributed by atoms with Crippen molar-refractivity contribution < 1.29 is 14.3 Å². The van der Waals surface area contributed by atoms with E-state index in [9.17, 15) is 9.59 Å². The monoisotopic (exact) mass is 361 g/mol. The van der Waals surface area contributed by atoms with Gasteiger partial charge in [0.15, 0.2) is 0 Å². The lowest BCUT2D eigenvalue weighted by Gasteiger charge is -2.25. The molecule has 0 radical (unpaired) electrons. The summed E-state index contributed by atoms with van der Waals surface area (Å²) in [6, 6.07) is 5.42. The number of thioether (sulfide) groups is 1. The molecule has 0 aromatic heterocycles. The fourth-order valence-electron chi connectivity index (χ4n) is 2.28. The van der Waals surface area contributed by atoms with Crippen molar-refractivity contribution in [3.63, 3.8) is 0 Å². The van der Waals surface area contributed by atoms with Crippen LogP contribution in [0.25, 0.3) is 0 Å². The SMILES string of the molecule is CCOC(=O)CCC(=O)N1CCS[C@@H]1c1cccc(Cl)c1Cl. The van der Waals surface area contributed by atoms with E-state index in [1.54, 1.807) is 29.7 Å². The molecule has 0 unspecified atom stereocenters. The number of benzene rings is 1. The van der Waals surface area contributed by atoms with Crippen molar-refractivity contribution in [2.75, 3.05) is 18.9 Å². The van der Waals surface area contributed by atoms with Gasteiger partial charge in [0.2, 0.25) is 5.91 Å². The van der Waals surface area contributed by atoms with Crippen molar-refractivity contribution in [2.45, 2.75) is 25.1 Å². The average Bonchev–Trinajstić information content (AvgIpc) is 2.97. The quantitative estimate of drug-likeness (QED) is 0.745. The van der Waals surface area contributed by atoms with Crippen molar-refractivity contribution in [1.82, 2.24) is 4.90 Å². The Hall–Kier alpha value is -0.910. The second-order valence-electron chi connectivity index (χ2n) is 4.76. The predicted octanol–water partition coefficient (Wildman–Crippen LogP) is 3.91. The van der Waals surface area contributed by atoms with E-state index in [0.29, 0.717) is 23.2 Å². The number of halogens is 2. The zero-order valence-electron chi connectivity index (χ0n) is 12.2. The summed E-state index contributed by atoms with van der Waals surface area (Å²) in [5.74, 6) is 0.415. The number of nitrogens with zero attached hydrogens (tertiary/aromatic N) is 1. The largest absolute Gasteiger partial charge is 0.466 e. The normalized spacial score (nSPS) is 17.6. The fraction of sp³-hybridized carbons (Fsp3) is 0.467. The van der Waals surface area contributed by atoms with Gasteiger partial charge in [0, 0.05) is 24.3 Å². The number of carbonyl (C=O) groups is 2. The van der Waals surface area contributed by atoms with Crippen LogP contribution in [0.15, 0.2) is 18.2 Å². The molecule has 1 atom stereocenters. The van der Waals surface area contributed by atoms with E-state index in [-0.39, 0.29) is 30.1 Å². The molecular formula is C15H17Cl2NO3S. The van der Waals surface area contributed by atoms with Crippen LogP contribution in [0.4, 0.5) is 0 Å². The van der Waals surface area contributed by atoms with Gasteiger partial charge in [-0.1, -0.05) is 35.3 Å². The molecule has 0 bridgehead atoms. The molecule has 0 spiro atoms. The Bertz CT molecular complexity index is 568. The molecule has 1 heterocycles. The summed E-state index contributed by atoms with van der Waals surface area (Å²) in [6.45, 7) is 2.71. The van der Waals surface area contributed by atoms with Crippen LogP contribution >= 0.6 is 35.0 Å². The Morgan fingerprint density at radius 2 is 2.14 bits per heavy atom. The highest BCUT2D eigenvalue weighted by Crippen LogP contribution is 2.42. The number of rotatable bonds is 5. The molecule has 0 N–H and O–H groups in total. The van der Waals surface area contributed by atoms with Gasteiger partial charge in [0.05, 0.1) is 23.1 Å². The Morgan fingerprint density at radius 1 is 1.36 bits per heavy atom. The molecule has 1 amide bonds. The smallest absolute Gasteiger partial charge is 0.306 e. The highest BCUT2D eigenvalue weighted by Gasteiger charge is 2.32. The summed E-state index contributed by atoms with van der Waals surface area (Å²) in [6.07, 6.45) is 0.248. The van der Waals surface area contributed by atoms with E-state index in [0.717, 1.165) is 11.3 Å². The topological polar surface area (TPSA) is 46.6 Å². The number of ether oxygens (including phenoxy) is 1. The predicted molar refractivity (Wildman–Crippen MR) is 89.2 cm³/mol. The minimum absolute atomic E-state index is 0.0703. The summed E-state index contributed by atoms with van der Waals surface area (Å²) < 4.78 is 4.85. The Balaban J connectivity index is 2.05. The first-order valence-electron chi connectivity index (χ1n) is 7.05. The number of hydrogen-bond acceptors (Lipinski definition) is 4. The molecule has 22 heavy (non-hydrogen) atoms. The zero-order valence-corrected chi connectivity index (χ0v) is 14.5. The van der Waals surface area contributed by atoms with Crippen LogP contribution in [0.1, 0.15) is 30.7 Å². The van der Waals surface area contributed by atoms with Gasteiger partial charge in [0.25, 0.3) is 0 Å². The first kappa shape index (κ1) is 17.4. The van der Waals surface area contributed by atoms with Crippen LogP contribution < -0.4 is 0 Å². The lowest BCUT2D eigenvalue weighted by atomic mass is 10.2. The van der Waals surface area contributed by atoms with Crippen LogP contribution in [-0.4, -0.2) is 35.7 Å². The van der Waals surface area contributed by atoms with Crippen molar-refractivity contribution in [2.24, 2.45) is 0 Å². The number of amides is 1. The van der Waals surface area contributed by atoms with Gasteiger partial charge >= 0.3 is 5.97 Å². The molecule has 1 saturated heterocycles. The fourth-order valence-corrected chi connectivity index (χ4v) is 4.06. The number of carbonyl (C=O) groups excluding carboxylic acids is 2. The molecule has 7 heteroatoms. The summed E-state index contributed by atoms with van der Waals surface area (Å²) in [5.41, 5.74) is 0.834. The van der Waals surface area contributed by atoms with E-state index in [2.05, 4.69) is 0 Å². The maximum absolute atomic E-state index is 12.4. The average molecular weight is 362 g/mol. The molecule has 1 aromatic carbocycles. The van der Waals surface area contributed by atoms with Crippen molar-refractivity contribution in [3.05, 3.63) is 33.8 Å². The van der Waals surface area contributed by atoms with Crippen LogP contribution in [-0.2, 0) is 14.3 Å². The Morgan fingerprint density at radius 3 is 2.86 bits per heavy atom. The highest BCUT2D eigenvalue weighted by molar-refractivity contribution is 7.99. The van der Waals surface area contributed by atoms with E-state index in [1.165, 1.54) is 0 Å². The minimum Gasteiger partial charge on any atom is -0.466 e. The van der Waals surface area contributed by atoms with Gasteiger partial charge in [-0.2, -0.15) is 0 Å². The summed E-state index contributed by atoms with van der Waals surface area (Å²) >= 11 is 14.0. The van der Waals surface area contributed by atoms with E-state index in [4.69, 9.17) is 27.9 Å². The lowest BCUT2D eigenvalue weighted by molar-refractivity contribution is -0.145. The summed E-state index contributed by atoms with van der Waals surface area (Å²) in [5, 5.41) is 0.804. The Kier molecular flexibility index (Phi) is 6.41. The van der Waals surface area contributed by atoms with E-state index >= 15 is 0 Å². The first-order valence-corrected chi connectivity index (χ1v) is 8.85. The summed E-state index contributed by atoms with van der Waals surface area (Å²) in [4.78, 5) is 25.5. The molecule has 1 aromatic rings. The maximum atomic E-state index is 12.4. The van der Waals surface area contributed by atoms with Gasteiger partial charge in [0.1, 0.15) is 5.37 Å².